The molecule has 1 unspecified atom stereocenters. The topological polar surface area (TPSA) is 137 Å². The monoisotopic (exact) mass is 651 g/mol. The number of rotatable bonds is 5. The van der Waals surface area contributed by atoms with Gasteiger partial charge in [0.1, 0.15) is 11.6 Å². The van der Waals surface area contributed by atoms with Crippen molar-refractivity contribution >= 4 is 51.8 Å². The number of hydrogen-bond acceptors (Lipinski definition) is 7. The first-order chi connectivity index (χ1) is 20.8. The minimum atomic E-state index is -5.08. The van der Waals surface area contributed by atoms with Crippen molar-refractivity contribution in [3.63, 3.8) is 0 Å². The van der Waals surface area contributed by atoms with Crippen molar-refractivity contribution in [2.24, 2.45) is 5.92 Å². The lowest BCUT2D eigenvalue weighted by molar-refractivity contribution is -0.192. The van der Waals surface area contributed by atoms with E-state index in [2.05, 4.69) is 39.4 Å². The number of amides is 1. The number of aliphatic carboxylic acids is 1. The quantitative estimate of drug-likeness (QED) is 0.362. The summed E-state index contributed by atoms with van der Waals surface area (Å²) in [6.07, 6.45) is 2.51. The first-order valence-electron chi connectivity index (χ1n) is 13.8. The smallest absolute Gasteiger partial charge is 0.475 e. The standard InChI is InChI=1S/C27H29Cl2N7O.C2HF3O2/c1-15-11-17(6-9-23(15)35-10-4-5-24(35)27(37)31-3)22-14-32-25-21(13-30)34-36(26(25)33-22)16(2)19-8-7-18(28)12-20(19)29;3-2(4,5)1(6)7/h6-8,12,14-16,23-24H,4-5,9-11H2,1-3H3,(H,31,37);(H,6,7)/t15-,16?,23+,24+;/m1./s1. The number of hydrogen-bond donors (Lipinski definition) is 2. The molecule has 2 N–H and O–H groups in total. The Morgan fingerprint density at radius 2 is 1.98 bits per heavy atom. The van der Waals surface area contributed by atoms with Gasteiger partial charge in [-0.05, 0) is 68.3 Å². The second-order valence-electron chi connectivity index (χ2n) is 10.7. The van der Waals surface area contributed by atoms with E-state index in [9.17, 15) is 23.2 Å². The molecule has 234 valence electrons. The molecule has 1 aromatic carbocycles. The summed E-state index contributed by atoms with van der Waals surface area (Å²) in [4.78, 5) is 33.2. The van der Waals surface area contributed by atoms with Gasteiger partial charge in [-0.25, -0.2) is 19.4 Å². The van der Waals surface area contributed by atoms with Crippen LogP contribution in [-0.2, 0) is 9.59 Å². The fourth-order valence-corrected chi connectivity index (χ4v) is 6.31. The summed E-state index contributed by atoms with van der Waals surface area (Å²) in [5.41, 5.74) is 3.97. The third-order valence-electron chi connectivity index (χ3n) is 7.93. The molecule has 1 fully saturated rings. The number of halogens is 5. The zero-order chi connectivity index (χ0) is 32.3. The normalized spacial score (nSPS) is 21.2. The summed E-state index contributed by atoms with van der Waals surface area (Å²) in [6, 6.07) is 7.47. The predicted octanol–water partition coefficient (Wildman–Crippen LogP) is 5.64. The lowest BCUT2D eigenvalue weighted by Gasteiger charge is -2.38. The van der Waals surface area contributed by atoms with E-state index in [1.54, 1.807) is 30.1 Å². The number of nitrogens with one attached hydrogen (secondary N) is 1. The number of fused-ring (bicyclic) bond motifs is 1. The number of nitrogens with zero attached hydrogens (tertiary/aromatic N) is 6. The number of aromatic nitrogens is 4. The maximum atomic E-state index is 12.4. The van der Waals surface area contributed by atoms with Gasteiger partial charge in [0.05, 0.1) is 24.0 Å². The lowest BCUT2D eigenvalue weighted by atomic mass is 9.83. The number of carboxylic acid groups (broad SMARTS) is 1. The van der Waals surface area contributed by atoms with Crippen molar-refractivity contribution in [1.82, 2.24) is 30.0 Å². The summed E-state index contributed by atoms with van der Waals surface area (Å²) in [5, 5.41) is 25.2. The molecule has 44 heavy (non-hydrogen) atoms. The highest BCUT2D eigenvalue weighted by Gasteiger charge is 2.39. The van der Waals surface area contributed by atoms with Crippen LogP contribution in [0.4, 0.5) is 13.2 Å². The van der Waals surface area contributed by atoms with Crippen molar-refractivity contribution in [3.05, 3.63) is 57.5 Å². The summed E-state index contributed by atoms with van der Waals surface area (Å²) in [6.45, 7) is 5.15. The molecule has 3 heterocycles. The average molecular weight is 653 g/mol. The SMILES string of the molecule is CNC(=O)[C@@H]1CCCN1[C@H]1CC=C(c2cnc3c(C#N)nn(C(C)c4ccc(Cl)cc4Cl)c3n2)C[C@H]1C.O=C(O)C(F)(F)F. The van der Waals surface area contributed by atoms with Crippen molar-refractivity contribution < 1.29 is 27.9 Å². The molecule has 5 rings (SSSR count). The molecule has 3 aromatic rings. The summed E-state index contributed by atoms with van der Waals surface area (Å²) in [5.74, 6) is -2.30. The Kier molecular flexibility index (Phi) is 10.2. The minimum Gasteiger partial charge on any atom is -0.475 e. The Hall–Kier alpha value is -3.73. The molecule has 2 aromatic heterocycles. The highest BCUT2D eigenvalue weighted by molar-refractivity contribution is 6.35. The lowest BCUT2D eigenvalue weighted by Crippen LogP contribution is -2.49. The van der Waals surface area contributed by atoms with E-state index in [0.29, 0.717) is 33.2 Å². The Morgan fingerprint density at radius 3 is 2.57 bits per heavy atom. The van der Waals surface area contributed by atoms with E-state index in [1.165, 1.54) is 0 Å². The molecule has 15 heteroatoms. The third-order valence-corrected chi connectivity index (χ3v) is 8.50. The number of benzene rings is 1. The summed E-state index contributed by atoms with van der Waals surface area (Å²) >= 11 is 12.6. The molecule has 1 saturated heterocycles. The number of nitriles is 1. The Morgan fingerprint density at radius 1 is 1.27 bits per heavy atom. The van der Waals surface area contributed by atoms with Crippen molar-refractivity contribution in [2.75, 3.05) is 13.6 Å². The van der Waals surface area contributed by atoms with Gasteiger partial charge in [0.25, 0.3) is 0 Å². The van der Waals surface area contributed by atoms with Crippen molar-refractivity contribution in [2.45, 2.75) is 63.8 Å². The van der Waals surface area contributed by atoms with Crippen LogP contribution in [0.2, 0.25) is 10.0 Å². The largest absolute Gasteiger partial charge is 0.490 e. The molecule has 1 aliphatic heterocycles. The average Bonchev–Trinajstić information content (AvgIpc) is 3.61. The number of allylic oxidation sites excluding steroid dienone is 1. The number of likely N-dealkylation sites (N-methyl/N-ethyl adjacent to an activating group) is 1. The van der Waals surface area contributed by atoms with E-state index >= 15 is 0 Å². The molecule has 0 saturated carbocycles. The maximum absolute atomic E-state index is 12.4. The molecule has 0 spiro atoms. The number of alkyl halides is 3. The number of carbonyl (C=O) groups excluding carboxylic acids is 1. The Balaban J connectivity index is 0.000000566. The van der Waals surface area contributed by atoms with Crippen LogP contribution in [0.1, 0.15) is 62.5 Å². The molecule has 0 radical (unpaired) electrons. The molecule has 1 aliphatic carbocycles. The molecule has 2 aliphatic rings. The van der Waals surface area contributed by atoms with Crippen LogP contribution >= 0.6 is 23.2 Å². The van der Waals surface area contributed by atoms with Gasteiger partial charge in [-0.1, -0.05) is 42.3 Å². The third kappa shape index (κ3) is 6.98. The van der Waals surface area contributed by atoms with Gasteiger partial charge < -0.3 is 10.4 Å². The summed E-state index contributed by atoms with van der Waals surface area (Å²) in [7, 11) is 1.71. The fraction of sp³-hybridized carbons (Fsp3) is 0.448. The van der Waals surface area contributed by atoms with Crippen LogP contribution < -0.4 is 5.32 Å². The highest BCUT2D eigenvalue weighted by Crippen LogP contribution is 2.37. The molecule has 10 nitrogen and oxygen atoms in total. The molecule has 0 bridgehead atoms. The number of carbonyl (C=O) groups is 2. The Bertz CT molecular complexity index is 1640. The van der Waals surface area contributed by atoms with Gasteiger partial charge in [-0.15, -0.1) is 0 Å². The number of likely N-dealkylation sites (tertiary alicyclic amines) is 1. The van der Waals surface area contributed by atoms with E-state index in [-0.39, 0.29) is 23.7 Å². The van der Waals surface area contributed by atoms with E-state index in [1.807, 2.05) is 13.0 Å². The zero-order valence-electron chi connectivity index (χ0n) is 24.1. The van der Waals surface area contributed by atoms with Crippen LogP contribution in [0.25, 0.3) is 16.7 Å². The van der Waals surface area contributed by atoms with Gasteiger partial charge in [0.15, 0.2) is 11.3 Å². The van der Waals surface area contributed by atoms with E-state index < -0.39 is 12.1 Å². The molecule has 1 amide bonds. The van der Waals surface area contributed by atoms with E-state index in [4.69, 9.17) is 38.1 Å². The highest BCUT2D eigenvalue weighted by atomic mass is 35.5. The van der Waals surface area contributed by atoms with Gasteiger partial charge in [-0.2, -0.15) is 23.5 Å². The molecule has 4 atom stereocenters. The van der Waals surface area contributed by atoms with Crippen LogP contribution in [0.15, 0.2) is 30.5 Å². The second kappa shape index (κ2) is 13.5. The predicted molar refractivity (Wildman–Crippen MR) is 158 cm³/mol. The van der Waals surface area contributed by atoms with Gasteiger partial charge in [0.2, 0.25) is 5.91 Å². The molecular formula is C29H30Cl2F3N7O3. The minimum absolute atomic E-state index is 0.0523. The fourth-order valence-electron chi connectivity index (χ4n) is 5.75. The van der Waals surface area contributed by atoms with Crippen LogP contribution in [0.3, 0.4) is 0 Å². The van der Waals surface area contributed by atoms with Crippen LogP contribution in [0.5, 0.6) is 0 Å². The van der Waals surface area contributed by atoms with Crippen molar-refractivity contribution in [3.8, 4) is 6.07 Å². The number of carboxylic acids is 1. The van der Waals surface area contributed by atoms with Gasteiger partial charge in [-0.3, -0.25) is 9.69 Å². The first kappa shape index (κ1) is 33.2. The van der Waals surface area contributed by atoms with E-state index in [0.717, 1.165) is 49.1 Å². The second-order valence-corrected chi connectivity index (χ2v) is 11.5. The van der Waals surface area contributed by atoms with Crippen LogP contribution in [-0.4, -0.2) is 73.5 Å². The van der Waals surface area contributed by atoms with Gasteiger partial charge >= 0.3 is 12.1 Å². The first-order valence-corrected chi connectivity index (χ1v) is 14.6. The zero-order valence-corrected chi connectivity index (χ0v) is 25.6. The maximum Gasteiger partial charge on any atom is 0.490 e. The van der Waals surface area contributed by atoms with Crippen LogP contribution in [0, 0.1) is 17.2 Å². The Labute approximate surface area is 261 Å². The van der Waals surface area contributed by atoms with Gasteiger partial charge in [0, 0.05) is 23.1 Å². The van der Waals surface area contributed by atoms with Crippen molar-refractivity contribution in [1.29, 1.82) is 5.26 Å². The molecular weight excluding hydrogens is 622 g/mol. The summed E-state index contributed by atoms with van der Waals surface area (Å²) < 4.78 is 33.5.